The molecule has 0 unspecified atom stereocenters. The molecule has 0 radical (unpaired) electrons. The van der Waals surface area contributed by atoms with E-state index >= 15 is 0 Å². The smallest absolute Gasteiger partial charge is 0.243 e. The Kier molecular flexibility index (Phi) is 5.02. The van der Waals surface area contributed by atoms with Crippen molar-refractivity contribution in [1.29, 1.82) is 0 Å². The molecule has 2 heterocycles. The van der Waals surface area contributed by atoms with Crippen molar-refractivity contribution in [3.05, 3.63) is 48.5 Å². The number of rotatable bonds is 4. The Morgan fingerprint density at radius 1 is 1.12 bits per heavy atom. The van der Waals surface area contributed by atoms with Gasteiger partial charge < -0.3 is 4.57 Å². The van der Waals surface area contributed by atoms with Gasteiger partial charge >= 0.3 is 0 Å². The fourth-order valence-corrected chi connectivity index (χ4v) is 4.77. The minimum atomic E-state index is -3.40. The lowest BCUT2D eigenvalue weighted by atomic mass is 9.87. The predicted molar refractivity (Wildman–Crippen MR) is 98.9 cm³/mol. The predicted octanol–water partition coefficient (Wildman–Crippen LogP) is 3.28. The average molecular weight is 362 g/mol. The Bertz CT molecular complexity index is 782. The Balaban J connectivity index is 1.65. The molecule has 1 fully saturated rings. The number of imidazole rings is 1. The first kappa shape index (κ1) is 18.1. The summed E-state index contributed by atoms with van der Waals surface area (Å²) in [6.45, 7) is 8.46. The SMILES string of the molecule is CC(C)(C)c1ccc(S(=O)(=O)N2CCC(Cn3ccnc3)CC2)cc1. The molecule has 0 atom stereocenters. The van der Waals surface area contributed by atoms with E-state index in [4.69, 9.17) is 0 Å². The summed E-state index contributed by atoms with van der Waals surface area (Å²) in [6, 6.07) is 7.35. The molecule has 0 amide bonds. The molecule has 0 aliphatic carbocycles. The molecule has 1 saturated heterocycles. The van der Waals surface area contributed by atoms with Crippen molar-refractivity contribution in [1.82, 2.24) is 13.9 Å². The van der Waals surface area contributed by atoms with Crippen molar-refractivity contribution in [2.24, 2.45) is 5.92 Å². The summed E-state index contributed by atoms with van der Waals surface area (Å²) < 4.78 is 29.5. The second-order valence-corrected chi connectivity index (χ2v) is 9.82. The van der Waals surface area contributed by atoms with E-state index in [1.165, 1.54) is 0 Å². The van der Waals surface area contributed by atoms with Crippen molar-refractivity contribution in [3.8, 4) is 0 Å². The zero-order valence-corrected chi connectivity index (χ0v) is 16.0. The van der Waals surface area contributed by atoms with Crippen LogP contribution in [0.4, 0.5) is 0 Å². The normalized spacial score (nSPS) is 17.7. The number of sulfonamides is 1. The highest BCUT2D eigenvalue weighted by Crippen LogP contribution is 2.27. The summed E-state index contributed by atoms with van der Waals surface area (Å²) in [6.07, 6.45) is 7.33. The maximum atomic E-state index is 12.9. The monoisotopic (exact) mass is 361 g/mol. The third-order valence-electron chi connectivity index (χ3n) is 4.96. The van der Waals surface area contributed by atoms with E-state index in [1.807, 2.05) is 24.7 Å². The first-order chi connectivity index (χ1) is 11.8. The van der Waals surface area contributed by atoms with Crippen LogP contribution in [0.2, 0.25) is 0 Å². The van der Waals surface area contributed by atoms with E-state index < -0.39 is 10.0 Å². The van der Waals surface area contributed by atoms with Gasteiger partial charge in [0.25, 0.3) is 0 Å². The van der Waals surface area contributed by atoms with Crippen molar-refractivity contribution >= 4 is 10.0 Å². The van der Waals surface area contributed by atoms with E-state index in [-0.39, 0.29) is 5.41 Å². The molecular weight excluding hydrogens is 334 g/mol. The van der Waals surface area contributed by atoms with Crippen LogP contribution in [0, 0.1) is 5.92 Å². The van der Waals surface area contributed by atoms with Crippen molar-refractivity contribution < 1.29 is 8.42 Å². The first-order valence-electron chi connectivity index (χ1n) is 8.83. The van der Waals surface area contributed by atoms with Crippen molar-refractivity contribution in [2.45, 2.75) is 50.5 Å². The van der Waals surface area contributed by atoms with Crippen molar-refractivity contribution in [2.75, 3.05) is 13.1 Å². The zero-order valence-electron chi connectivity index (χ0n) is 15.2. The second kappa shape index (κ2) is 6.92. The molecule has 2 aromatic rings. The molecule has 136 valence electrons. The fraction of sp³-hybridized carbons (Fsp3) is 0.526. The Morgan fingerprint density at radius 3 is 2.28 bits per heavy atom. The zero-order chi connectivity index (χ0) is 18.1. The largest absolute Gasteiger partial charge is 0.337 e. The lowest BCUT2D eigenvalue weighted by Crippen LogP contribution is -2.39. The molecule has 25 heavy (non-hydrogen) atoms. The van der Waals surface area contributed by atoms with Gasteiger partial charge in [-0.3, -0.25) is 0 Å². The minimum absolute atomic E-state index is 0.0218. The molecule has 6 heteroatoms. The highest BCUT2D eigenvalue weighted by atomic mass is 32.2. The van der Waals surface area contributed by atoms with Crippen LogP contribution >= 0.6 is 0 Å². The highest BCUT2D eigenvalue weighted by Gasteiger charge is 2.29. The number of aromatic nitrogens is 2. The maximum absolute atomic E-state index is 12.9. The molecule has 1 aliphatic heterocycles. The highest BCUT2D eigenvalue weighted by molar-refractivity contribution is 7.89. The molecule has 1 aromatic heterocycles. The van der Waals surface area contributed by atoms with Crippen LogP contribution in [-0.2, 0) is 22.0 Å². The van der Waals surface area contributed by atoms with E-state index in [9.17, 15) is 8.42 Å². The van der Waals surface area contributed by atoms with Gasteiger partial charge in [0, 0.05) is 32.0 Å². The maximum Gasteiger partial charge on any atom is 0.243 e. The number of piperidine rings is 1. The lowest BCUT2D eigenvalue weighted by molar-refractivity contribution is 0.253. The second-order valence-electron chi connectivity index (χ2n) is 7.88. The summed E-state index contributed by atoms with van der Waals surface area (Å²) in [7, 11) is -3.40. The van der Waals surface area contributed by atoms with Gasteiger partial charge in [-0.25, -0.2) is 13.4 Å². The average Bonchev–Trinajstić information content (AvgIpc) is 3.08. The van der Waals surface area contributed by atoms with Gasteiger partial charge in [-0.1, -0.05) is 32.9 Å². The Labute approximate surface area is 150 Å². The van der Waals surface area contributed by atoms with E-state index in [1.54, 1.807) is 22.6 Å². The molecule has 0 bridgehead atoms. The number of benzene rings is 1. The standard InChI is InChI=1S/C19H27N3O2S/c1-19(2,3)17-4-6-18(7-5-17)25(23,24)22-11-8-16(9-12-22)14-21-13-10-20-15-21/h4-7,10,13,15-16H,8-9,11-12,14H2,1-3H3. The van der Waals surface area contributed by atoms with Crippen LogP contribution in [0.1, 0.15) is 39.2 Å². The third-order valence-corrected chi connectivity index (χ3v) is 6.87. The van der Waals surface area contributed by atoms with E-state index in [0.717, 1.165) is 24.9 Å². The van der Waals surface area contributed by atoms with Gasteiger partial charge in [-0.05, 0) is 41.9 Å². The van der Waals surface area contributed by atoms with Gasteiger partial charge in [0.1, 0.15) is 0 Å². The Morgan fingerprint density at radius 2 is 1.76 bits per heavy atom. The molecule has 3 rings (SSSR count). The molecule has 0 spiro atoms. The quantitative estimate of drug-likeness (QED) is 0.840. The van der Waals surface area contributed by atoms with Gasteiger partial charge in [0.05, 0.1) is 11.2 Å². The van der Waals surface area contributed by atoms with Crippen LogP contribution in [0.5, 0.6) is 0 Å². The van der Waals surface area contributed by atoms with E-state index in [0.29, 0.717) is 23.9 Å². The summed E-state index contributed by atoms with van der Waals surface area (Å²) in [5.74, 6) is 0.504. The van der Waals surface area contributed by atoms with Crippen LogP contribution in [0.15, 0.2) is 47.9 Å². The topological polar surface area (TPSA) is 55.2 Å². The summed E-state index contributed by atoms with van der Waals surface area (Å²) in [4.78, 5) is 4.46. The molecule has 5 nitrogen and oxygen atoms in total. The van der Waals surface area contributed by atoms with Gasteiger partial charge in [-0.2, -0.15) is 4.31 Å². The van der Waals surface area contributed by atoms with Gasteiger partial charge in [0.2, 0.25) is 10.0 Å². The van der Waals surface area contributed by atoms with Gasteiger partial charge in [-0.15, -0.1) is 0 Å². The fourth-order valence-electron chi connectivity index (χ4n) is 3.30. The molecule has 0 saturated carbocycles. The molecule has 0 N–H and O–H groups in total. The van der Waals surface area contributed by atoms with Crippen molar-refractivity contribution in [3.63, 3.8) is 0 Å². The van der Waals surface area contributed by atoms with Crippen LogP contribution < -0.4 is 0 Å². The van der Waals surface area contributed by atoms with Gasteiger partial charge in [0.15, 0.2) is 0 Å². The summed E-state index contributed by atoms with van der Waals surface area (Å²) in [5, 5.41) is 0. The van der Waals surface area contributed by atoms with E-state index in [2.05, 4.69) is 30.3 Å². The summed E-state index contributed by atoms with van der Waals surface area (Å²) in [5.41, 5.74) is 1.17. The van der Waals surface area contributed by atoms with Crippen LogP contribution in [0.3, 0.4) is 0 Å². The molecule has 1 aliphatic rings. The third kappa shape index (κ3) is 4.12. The molecular formula is C19H27N3O2S. The first-order valence-corrected chi connectivity index (χ1v) is 10.3. The minimum Gasteiger partial charge on any atom is -0.337 e. The Hall–Kier alpha value is -1.66. The number of nitrogens with zero attached hydrogens (tertiary/aromatic N) is 3. The molecule has 1 aromatic carbocycles. The number of hydrogen-bond donors (Lipinski definition) is 0. The van der Waals surface area contributed by atoms with Crippen LogP contribution in [-0.4, -0.2) is 35.4 Å². The summed E-state index contributed by atoms with van der Waals surface area (Å²) >= 11 is 0. The number of hydrogen-bond acceptors (Lipinski definition) is 3. The lowest BCUT2D eigenvalue weighted by Gasteiger charge is -2.31. The van der Waals surface area contributed by atoms with Crippen LogP contribution in [0.25, 0.3) is 0 Å².